The Bertz CT molecular complexity index is 421. The van der Waals surface area contributed by atoms with E-state index in [-0.39, 0.29) is 5.54 Å². The van der Waals surface area contributed by atoms with Crippen LogP contribution in [-0.2, 0) is 12.0 Å². The zero-order chi connectivity index (χ0) is 11.9. The van der Waals surface area contributed by atoms with E-state index in [0.717, 1.165) is 25.0 Å². The number of fused-ring (bicyclic) bond motifs is 1. The molecule has 1 aliphatic carbocycles. The summed E-state index contributed by atoms with van der Waals surface area (Å²) in [5, 5.41) is 0. The fraction of sp³-hybridized carbons (Fsp3) is 0.600. The molecule has 2 heteroatoms. The first-order valence-corrected chi connectivity index (χ1v) is 6.76. The van der Waals surface area contributed by atoms with Gasteiger partial charge in [0.05, 0.1) is 0 Å². The van der Waals surface area contributed by atoms with Gasteiger partial charge < -0.3 is 10.5 Å². The Morgan fingerprint density at radius 2 is 2.00 bits per heavy atom. The molecule has 1 fully saturated rings. The van der Waals surface area contributed by atoms with Gasteiger partial charge >= 0.3 is 0 Å². The molecule has 17 heavy (non-hydrogen) atoms. The molecule has 1 aromatic carbocycles. The van der Waals surface area contributed by atoms with Crippen LogP contribution in [0.25, 0.3) is 0 Å². The summed E-state index contributed by atoms with van der Waals surface area (Å²) in [5.74, 6) is 1.06. The first-order chi connectivity index (χ1) is 8.17. The maximum Gasteiger partial charge on any atom is 0.123 e. The quantitative estimate of drug-likeness (QED) is 0.806. The van der Waals surface area contributed by atoms with Crippen molar-refractivity contribution < 1.29 is 4.74 Å². The van der Waals surface area contributed by atoms with Gasteiger partial charge in [-0.15, -0.1) is 0 Å². The van der Waals surface area contributed by atoms with Crippen LogP contribution in [0.1, 0.15) is 50.2 Å². The molecule has 0 radical (unpaired) electrons. The molecule has 0 bridgehead atoms. The summed E-state index contributed by atoms with van der Waals surface area (Å²) >= 11 is 0. The van der Waals surface area contributed by atoms with E-state index in [0.29, 0.717) is 6.10 Å². The minimum absolute atomic E-state index is 0.0842. The summed E-state index contributed by atoms with van der Waals surface area (Å²) in [5.41, 5.74) is 9.14. The van der Waals surface area contributed by atoms with Crippen LogP contribution < -0.4 is 10.5 Å². The van der Waals surface area contributed by atoms with Crippen molar-refractivity contribution in [2.24, 2.45) is 5.73 Å². The average molecular weight is 231 g/mol. The van der Waals surface area contributed by atoms with Crippen LogP contribution in [-0.4, -0.2) is 6.10 Å². The Morgan fingerprint density at radius 3 is 2.76 bits per heavy atom. The van der Waals surface area contributed by atoms with Gasteiger partial charge in [-0.1, -0.05) is 31.4 Å². The Balaban J connectivity index is 1.91. The summed E-state index contributed by atoms with van der Waals surface area (Å²) in [6.45, 7) is 2.12. The monoisotopic (exact) mass is 231 g/mol. The molecule has 0 spiro atoms. The second kappa shape index (κ2) is 4.02. The predicted molar refractivity (Wildman–Crippen MR) is 69.2 cm³/mol. The molecule has 1 unspecified atom stereocenters. The summed E-state index contributed by atoms with van der Waals surface area (Å²) in [7, 11) is 0. The first-order valence-electron chi connectivity index (χ1n) is 6.76. The third-order valence-corrected chi connectivity index (χ3v) is 4.22. The van der Waals surface area contributed by atoms with E-state index in [1.165, 1.54) is 30.4 Å². The van der Waals surface area contributed by atoms with Crippen molar-refractivity contribution in [3.05, 3.63) is 29.3 Å². The van der Waals surface area contributed by atoms with E-state index >= 15 is 0 Å². The van der Waals surface area contributed by atoms with Crippen LogP contribution in [0.15, 0.2) is 18.2 Å². The zero-order valence-electron chi connectivity index (χ0n) is 10.5. The van der Waals surface area contributed by atoms with Crippen molar-refractivity contribution in [1.82, 2.24) is 0 Å². The van der Waals surface area contributed by atoms with Crippen LogP contribution in [0.5, 0.6) is 5.75 Å². The van der Waals surface area contributed by atoms with E-state index in [1.54, 1.807) is 0 Å². The van der Waals surface area contributed by atoms with Gasteiger partial charge in [-0.2, -0.15) is 0 Å². The summed E-state index contributed by atoms with van der Waals surface area (Å²) in [6.07, 6.45) is 7.47. The van der Waals surface area contributed by atoms with Crippen LogP contribution in [0.2, 0.25) is 0 Å². The molecule has 0 aromatic heterocycles. The number of hydrogen-bond acceptors (Lipinski definition) is 2. The number of nitrogens with two attached hydrogens (primary N) is 1. The van der Waals surface area contributed by atoms with Crippen LogP contribution in [0, 0.1) is 0 Å². The summed E-state index contributed by atoms with van der Waals surface area (Å²) < 4.78 is 5.74. The fourth-order valence-electron chi connectivity index (χ4n) is 3.20. The lowest BCUT2D eigenvalue weighted by molar-refractivity contribution is 0.254. The number of benzene rings is 1. The van der Waals surface area contributed by atoms with E-state index in [4.69, 9.17) is 10.5 Å². The highest BCUT2D eigenvalue weighted by Gasteiger charge is 2.31. The van der Waals surface area contributed by atoms with Crippen molar-refractivity contribution in [1.29, 1.82) is 0 Å². The van der Waals surface area contributed by atoms with Crippen molar-refractivity contribution in [2.75, 3.05) is 0 Å². The Hall–Kier alpha value is -1.02. The van der Waals surface area contributed by atoms with Crippen molar-refractivity contribution in [2.45, 2.75) is 57.1 Å². The summed E-state index contributed by atoms with van der Waals surface area (Å²) in [4.78, 5) is 0. The molecule has 2 N–H and O–H groups in total. The molecule has 2 nitrogen and oxygen atoms in total. The molecule has 1 saturated carbocycles. The smallest absolute Gasteiger partial charge is 0.123 e. The maximum atomic E-state index is 6.57. The van der Waals surface area contributed by atoms with Gasteiger partial charge in [-0.25, -0.2) is 0 Å². The maximum absolute atomic E-state index is 6.57. The Labute approximate surface area is 103 Å². The van der Waals surface area contributed by atoms with E-state index < -0.39 is 0 Å². The lowest BCUT2D eigenvalue weighted by Gasteiger charge is -2.34. The largest absolute Gasteiger partial charge is 0.490 e. The van der Waals surface area contributed by atoms with Gasteiger partial charge in [0.15, 0.2) is 0 Å². The predicted octanol–water partition coefficient (Wildman–Crippen LogP) is 3.13. The molecule has 92 valence electrons. The topological polar surface area (TPSA) is 35.2 Å². The highest BCUT2D eigenvalue weighted by atomic mass is 16.5. The van der Waals surface area contributed by atoms with E-state index in [9.17, 15) is 0 Å². The van der Waals surface area contributed by atoms with Gasteiger partial charge in [0.2, 0.25) is 0 Å². The molecule has 3 rings (SSSR count). The van der Waals surface area contributed by atoms with Crippen molar-refractivity contribution >= 4 is 0 Å². The van der Waals surface area contributed by atoms with E-state index in [1.807, 2.05) is 0 Å². The van der Waals surface area contributed by atoms with Gasteiger partial charge in [-0.3, -0.25) is 0 Å². The highest BCUT2D eigenvalue weighted by molar-refractivity contribution is 5.42. The SMILES string of the molecule is CC1Cc2cc(C3(N)CCCCC3)ccc2O1. The molecule has 1 aromatic rings. The fourth-order valence-corrected chi connectivity index (χ4v) is 3.20. The third-order valence-electron chi connectivity index (χ3n) is 4.22. The standard InChI is InChI=1S/C15H21NO/c1-11-9-12-10-13(5-6-14(12)17-11)15(16)7-3-2-4-8-15/h5-6,10-11H,2-4,7-9,16H2,1H3. The van der Waals surface area contributed by atoms with Gasteiger partial charge in [0, 0.05) is 12.0 Å². The Kier molecular flexibility index (Phi) is 2.62. The Morgan fingerprint density at radius 1 is 1.24 bits per heavy atom. The minimum atomic E-state index is -0.0842. The molecular weight excluding hydrogens is 210 g/mol. The molecule has 1 atom stereocenters. The zero-order valence-corrected chi connectivity index (χ0v) is 10.5. The second-order valence-corrected chi connectivity index (χ2v) is 5.67. The van der Waals surface area contributed by atoms with Crippen molar-refractivity contribution in [3.63, 3.8) is 0 Å². The lowest BCUT2D eigenvalue weighted by atomic mass is 9.77. The molecular formula is C15H21NO. The van der Waals surface area contributed by atoms with Crippen LogP contribution in [0.3, 0.4) is 0 Å². The molecule has 1 aliphatic heterocycles. The second-order valence-electron chi connectivity index (χ2n) is 5.67. The molecule has 0 amide bonds. The normalized spacial score (nSPS) is 26.4. The molecule has 0 saturated heterocycles. The van der Waals surface area contributed by atoms with Crippen LogP contribution in [0.4, 0.5) is 0 Å². The van der Waals surface area contributed by atoms with Crippen LogP contribution >= 0.6 is 0 Å². The molecule has 2 aliphatic rings. The summed E-state index contributed by atoms with van der Waals surface area (Å²) in [6, 6.07) is 6.56. The number of ether oxygens (including phenoxy) is 1. The first kappa shape index (κ1) is 11.1. The number of rotatable bonds is 1. The van der Waals surface area contributed by atoms with Gasteiger partial charge in [0.25, 0.3) is 0 Å². The average Bonchev–Trinajstić information content (AvgIpc) is 2.69. The molecule has 1 heterocycles. The lowest BCUT2D eigenvalue weighted by Crippen LogP contribution is -2.38. The van der Waals surface area contributed by atoms with Crippen molar-refractivity contribution in [3.8, 4) is 5.75 Å². The van der Waals surface area contributed by atoms with Gasteiger partial charge in [-0.05, 0) is 37.0 Å². The van der Waals surface area contributed by atoms with Gasteiger partial charge in [0.1, 0.15) is 11.9 Å². The minimum Gasteiger partial charge on any atom is -0.490 e. The third kappa shape index (κ3) is 1.95. The number of hydrogen-bond donors (Lipinski definition) is 1. The highest BCUT2D eigenvalue weighted by Crippen LogP contribution is 2.38. The van der Waals surface area contributed by atoms with E-state index in [2.05, 4.69) is 25.1 Å².